The molecule has 1 aromatic carbocycles. The Morgan fingerprint density at radius 3 is 2.73 bits per heavy atom. The van der Waals surface area contributed by atoms with Gasteiger partial charge in [-0.05, 0) is 30.7 Å². The highest BCUT2D eigenvalue weighted by molar-refractivity contribution is 5.59. The maximum absolute atomic E-state index is 9.20. The van der Waals surface area contributed by atoms with Crippen LogP contribution < -0.4 is 5.32 Å². The zero-order chi connectivity index (χ0) is 15.4. The van der Waals surface area contributed by atoms with Crippen LogP contribution in [0.2, 0.25) is 0 Å². The fourth-order valence-corrected chi connectivity index (χ4v) is 2.02. The number of anilines is 1. The van der Waals surface area contributed by atoms with Crippen LogP contribution in [0.15, 0.2) is 53.2 Å². The molecule has 2 heterocycles. The Balaban J connectivity index is 1.83. The van der Waals surface area contributed by atoms with Gasteiger partial charge in [0.05, 0.1) is 0 Å². The van der Waals surface area contributed by atoms with Crippen LogP contribution in [-0.4, -0.2) is 9.97 Å². The zero-order valence-electron chi connectivity index (χ0n) is 12.1. The summed E-state index contributed by atoms with van der Waals surface area (Å²) < 4.78 is 5.69. The summed E-state index contributed by atoms with van der Waals surface area (Å²) in [6.45, 7) is 2.53. The molecule has 22 heavy (non-hydrogen) atoms. The Hall–Kier alpha value is -3.13. The molecule has 0 fully saturated rings. The molecule has 1 N–H and O–H groups in total. The molecule has 5 heteroatoms. The van der Waals surface area contributed by atoms with Gasteiger partial charge in [-0.2, -0.15) is 10.2 Å². The van der Waals surface area contributed by atoms with E-state index in [9.17, 15) is 5.26 Å². The lowest BCUT2D eigenvalue weighted by Crippen LogP contribution is -1.99. The van der Waals surface area contributed by atoms with Gasteiger partial charge >= 0.3 is 0 Å². The molecule has 0 atom stereocenters. The van der Waals surface area contributed by atoms with Crippen molar-refractivity contribution >= 4 is 5.88 Å². The van der Waals surface area contributed by atoms with Crippen molar-refractivity contribution in [2.45, 2.75) is 13.5 Å². The minimum Gasteiger partial charge on any atom is -0.419 e. The van der Waals surface area contributed by atoms with Crippen molar-refractivity contribution in [1.82, 2.24) is 9.97 Å². The first-order chi connectivity index (χ1) is 10.8. The van der Waals surface area contributed by atoms with E-state index in [1.54, 1.807) is 12.4 Å². The lowest BCUT2D eigenvalue weighted by molar-refractivity contribution is 0.585. The van der Waals surface area contributed by atoms with Gasteiger partial charge in [0.25, 0.3) is 0 Å². The fourth-order valence-electron chi connectivity index (χ4n) is 2.02. The summed E-state index contributed by atoms with van der Waals surface area (Å²) in [5.41, 5.74) is 3.25. The van der Waals surface area contributed by atoms with Crippen molar-refractivity contribution in [2.75, 3.05) is 5.32 Å². The maximum atomic E-state index is 9.20. The van der Waals surface area contributed by atoms with Crippen molar-refractivity contribution in [1.29, 1.82) is 5.26 Å². The monoisotopic (exact) mass is 290 g/mol. The number of hydrogen-bond donors (Lipinski definition) is 1. The average Bonchev–Trinajstić information content (AvgIpc) is 2.98. The number of nitriles is 1. The Bertz CT molecular complexity index is 801. The highest BCUT2D eigenvalue weighted by Gasteiger charge is 2.14. The molecule has 3 aromatic rings. The molecule has 0 unspecified atom stereocenters. The second-order valence-electron chi connectivity index (χ2n) is 4.89. The Kier molecular flexibility index (Phi) is 3.84. The molecule has 0 amide bonds. The Morgan fingerprint density at radius 1 is 1.23 bits per heavy atom. The minimum atomic E-state index is 0.250. The van der Waals surface area contributed by atoms with Crippen molar-refractivity contribution in [2.24, 2.45) is 0 Å². The number of rotatable bonds is 4. The van der Waals surface area contributed by atoms with Crippen molar-refractivity contribution in [3.05, 3.63) is 65.6 Å². The zero-order valence-corrected chi connectivity index (χ0v) is 12.1. The summed E-state index contributed by atoms with van der Waals surface area (Å²) in [4.78, 5) is 8.28. The van der Waals surface area contributed by atoms with E-state index in [0.29, 0.717) is 18.3 Å². The molecule has 0 spiro atoms. The van der Waals surface area contributed by atoms with Gasteiger partial charge < -0.3 is 9.73 Å². The molecule has 0 aliphatic carbocycles. The topological polar surface area (TPSA) is 74.7 Å². The summed E-state index contributed by atoms with van der Waals surface area (Å²) >= 11 is 0. The van der Waals surface area contributed by atoms with Gasteiger partial charge in [0.2, 0.25) is 17.5 Å². The third-order valence-corrected chi connectivity index (χ3v) is 3.21. The van der Waals surface area contributed by atoms with Crippen LogP contribution in [0.5, 0.6) is 0 Å². The summed E-state index contributed by atoms with van der Waals surface area (Å²) in [7, 11) is 0. The molecule has 0 aliphatic heterocycles. The first-order valence-corrected chi connectivity index (χ1v) is 6.87. The van der Waals surface area contributed by atoms with E-state index in [0.717, 1.165) is 16.7 Å². The third-order valence-electron chi connectivity index (χ3n) is 3.21. The lowest BCUT2D eigenvalue weighted by atomic mass is 10.1. The SMILES string of the molecule is Cc1ccc(-c2nc(C#N)c(NCc3cccnc3)o2)cc1. The summed E-state index contributed by atoms with van der Waals surface area (Å²) in [5, 5.41) is 12.3. The van der Waals surface area contributed by atoms with E-state index in [1.165, 1.54) is 0 Å². The van der Waals surface area contributed by atoms with E-state index in [-0.39, 0.29) is 5.69 Å². The molecular formula is C17H14N4O. The van der Waals surface area contributed by atoms with Crippen LogP contribution in [0.1, 0.15) is 16.8 Å². The molecule has 0 aliphatic rings. The van der Waals surface area contributed by atoms with Crippen molar-refractivity contribution in [3.8, 4) is 17.5 Å². The van der Waals surface area contributed by atoms with Gasteiger partial charge in [-0.1, -0.05) is 23.8 Å². The number of aryl methyl sites for hydroxylation is 1. The molecule has 0 saturated carbocycles. The number of nitrogens with one attached hydrogen (secondary N) is 1. The molecule has 0 radical (unpaired) electrons. The molecule has 2 aromatic heterocycles. The third kappa shape index (κ3) is 2.96. The van der Waals surface area contributed by atoms with Gasteiger partial charge in [0, 0.05) is 24.5 Å². The van der Waals surface area contributed by atoms with Gasteiger partial charge in [-0.3, -0.25) is 4.98 Å². The van der Waals surface area contributed by atoms with Crippen LogP contribution in [0, 0.1) is 18.3 Å². The molecule has 5 nitrogen and oxygen atoms in total. The molecular weight excluding hydrogens is 276 g/mol. The molecule has 108 valence electrons. The number of oxazole rings is 1. The highest BCUT2D eigenvalue weighted by atomic mass is 16.4. The van der Waals surface area contributed by atoms with Crippen LogP contribution in [0.25, 0.3) is 11.5 Å². The number of aromatic nitrogens is 2. The first-order valence-electron chi connectivity index (χ1n) is 6.87. The van der Waals surface area contributed by atoms with Crippen LogP contribution >= 0.6 is 0 Å². The van der Waals surface area contributed by atoms with Gasteiger partial charge in [0.1, 0.15) is 6.07 Å². The molecule has 0 saturated heterocycles. The van der Waals surface area contributed by atoms with Crippen LogP contribution in [0.3, 0.4) is 0 Å². The second-order valence-corrected chi connectivity index (χ2v) is 4.89. The van der Waals surface area contributed by atoms with Gasteiger partial charge in [0.15, 0.2) is 0 Å². The predicted octanol–water partition coefficient (Wildman–Crippen LogP) is 3.53. The largest absolute Gasteiger partial charge is 0.419 e. The van der Waals surface area contributed by atoms with E-state index < -0.39 is 0 Å². The smallest absolute Gasteiger partial charge is 0.232 e. The fraction of sp³-hybridized carbons (Fsp3) is 0.118. The number of pyridine rings is 1. The van der Waals surface area contributed by atoms with E-state index >= 15 is 0 Å². The average molecular weight is 290 g/mol. The Morgan fingerprint density at radius 2 is 2.05 bits per heavy atom. The molecule has 3 rings (SSSR count). The molecule has 0 bridgehead atoms. The van der Waals surface area contributed by atoms with Crippen molar-refractivity contribution in [3.63, 3.8) is 0 Å². The number of hydrogen-bond acceptors (Lipinski definition) is 5. The highest BCUT2D eigenvalue weighted by Crippen LogP contribution is 2.25. The van der Waals surface area contributed by atoms with Crippen molar-refractivity contribution < 1.29 is 4.42 Å². The Labute approximate surface area is 128 Å². The summed E-state index contributed by atoms with van der Waals surface area (Å²) in [5.74, 6) is 0.812. The second kappa shape index (κ2) is 6.10. The number of nitrogens with zero attached hydrogens (tertiary/aromatic N) is 3. The summed E-state index contributed by atoms with van der Waals surface area (Å²) in [6, 6.07) is 13.7. The standard InChI is InChI=1S/C17H14N4O/c1-12-4-6-14(7-5-12)16-21-15(9-18)17(22-16)20-11-13-3-2-8-19-10-13/h2-8,10,20H,11H2,1H3. The minimum absolute atomic E-state index is 0.250. The van der Waals surface area contributed by atoms with E-state index in [1.807, 2.05) is 43.3 Å². The van der Waals surface area contributed by atoms with Gasteiger partial charge in [-0.25, -0.2) is 0 Å². The maximum Gasteiger partial charge on any atom is 0.232 e. The summed E-state index contributed by atoms with van der Waals surface area (Å²) in [6.07, 6.45) is 3.48. The van der Waals surface area contributed by atoms with Crippen LogP contribution in [-0.2, 0) is 6.54 Å². The van der Waals surface area contributed by atoms with E-state index in [2.05, 4.69) is 21.4 Å². The number of benzene rings is 1. The van der Waals surface area contributed by atoms with Crippen LogP contribution in [0.4, 0.5) is 5.88 Å². The normalized spacial score (nSPS) is 10.2. The van der Waals surface area contributed by atoms with E-state index in [4.69, 9.17) is 4.42 Å². The first kappa shape index (κ1) is 13.8. The predicted molar refractivity (Wildman–Crippen MR) is 83.0 cm³/mol. The lowest BCUT2D eigenvalue weighted by Gasteiger charge is -2.02. The van der Waals surface area contributed by atoms with Gasteiger partial charge in [-0.15, -0.1) is 0 Å². The quantitative estimate of drug-likeness (QED) is 0.795.